The van der Waals surface area contributed by atoms with Gasteiger partial charge in [-0.2, -0.15) is 0 Å². The van der Waals surface area contributed by atoms with Gasteiger partial charge < -0.3 is 16.0 Å². The molecule has 0 atom stereocenters. The van der Waals surface area contributed by atoms with Gasteiger partial charge in [0.15, 0.2) is 0 Å². The van der Waals surface area contributed by atoms with E-state index < -0.39 is 11.8 Å². The molecule has 0 radical (unpaired) electrons. The predicted octanol–water partition coefficient (Wildman–Crippen LogP) is 3.56. The van der Waals surface area contributed by atoms with Gasteiger partial charge in [0.1, 0.15) is 0 Å². The highest BCUT2D eigenvalue weighted by molar-refractivity contribution is 6.43. The van der Waals surface area contributed by atoms with Crippen molar-refractivity contribution in [1.29, 1.82) is 0 Å². The van der Waals surface area contributed by atoms with Gasteiger partial charge in [-0.3, -0.25) is 14.4 Å². The van der Waals surface area contributed by atoms with E-state index in [9.17, 15) is 14.4 Å². The van der Waals surface area contributed by atoms with Gasteiger partial charge in [0, 0.05) is 24.0 Å². The van der Waals surface area contributed by atoms with Crippen LogP contribution in [-0.2, 0) is 20.8 Å². The Kier molecular flexibility index (Phi) is 6.91. The van der Waals surface area contributed by atoms with Gasteiger partial charge >= 0.3 is 11.8 Å². The molecule has 0 aliphatic heterocycles. The first-order chi connectivity index (χ1) is 12.5. The summed E-state index contributed by atoms with van der Waals surface area (Å²) in [6.07, 6.45) is 3.25. The number of benzene rings is 2. The van der Waals surface area contributed by atoms with E-state index in [1.807, 2.05) is 12.1 Å². The Morgan fingerprint density at radius 3 is 1.58 bits per heavy atom. The molecule has 0 fully saturated rings. The maximum absolute atomic E-state index is 12.0. The molecule has 0 saturated carbocycles. The van der Waals surface area contributed by atoms with Crippen LogP contribution in [0.3, 0.4) is 0 Å². The standard InChI is InChI=1S/C20H23N3O3/c1-3-4-5-15-6-8-17(9-7-15)22-19(25)20(26)23-18-12-10-16(11-13-18)21-14(2)24/h6-13H,3-5H2,1-2H3,(H,21,24)(H,22,25)(H,23,26). The lowest BCUT2D eigenvalue weighted by molar-refractivity contribution is -0.132. The predicted molar refractivity (Wildman–Crippen MR) is 103 cm³/mol. The molecule has 0 heterocycles. The zero-order valence-corrected chi connectivity index (χ0v) is 15.0. The van der Waals surface area contributed by atoms with E-state index in [4.69, 9.17) is 0 Å². The van der Waals surface area contributed by atoms with Crippen molar-refractivity contribution in [2.45, 2.75) is 33.1 Å². The molecule has 2 rings (SSSR count). The maximum atomic E-state index is 12.0. The SMILES string of the molecule is CCCCc1ccc(NC(=O)C(=O)Nc2ccc(NC(C)=O)cc2)cc1. The van der Waals surface area contributed by atoms with Gasteiger partial charge in [0.2, 0.25) is 5.91 Å². The van der Waals surface area contributed by atoms with Crippen molar-refractivity contribution in [2.24, 2.45) is 0 Å². The van der Waals surface area contributed by atoms with E-state index in [1.54, 1.807) is 36.4 Å². The minimum Gasteiger partial charge on any atom is -0.326 e. The first kappa shape index (κ1) is 19.2. The Hall–Kier alpha value is -3.15. The summed E-state index contributed by atoms with van der Waals surface area (Å²) in [7, 11) is 0. The summed E-state index contributed by atoms with van der Waals surface area (Å²) in [5, 5.41) is 7.72. The second-order valence-electron chi connectivity index (χ2n) is 5.97. The van der Waals surface area contributed by atoms with Crippen LogP contribution in [0.4, 0.5) is 17.1 Å². The summed E-state index contributed by atoms with van der Waals surface area (Å²) < 4.78 is 0. The quantitative estimate of drug-likeness (QED) is 0.694. The van der Waals surface area contributed by atoms with Gasteiger partial charge in [0.05, 0.1) is 0 Å². The molecule has 0 unspecified atom stereocenters. The van der Waals surface area contributed by atoms with Crippen molar-refractivity contribution in [2.75, 3.05) is 16.0 Å². The lowest BCUT2D eigenvalue weighted by Gasteiger charge is -2.08. The highest BCUT2D eigenvalue weighted by atomic mass is 16.2. The average Bonchev–Trinajstić information content (AvgIpc) is 2.62. The molecule has 0 bridgehead atoms. The molecule has 26 heavy (non-hydrogen) atoms. The van der Waals surface area contributed by atoms with Gasteiger partial charge in [-0.25, -0.2) is 0 Å². The van der Waals surface area contributed by atoms with Gasteiger partial charge in [-0.05, 0) is 54.8 Å². The smallest absolute Gasteiger partial charge is 0.314 e. The van der Waals surface area contributed by atoms with Crippen LogP contribution in [0.15, 0.2) is 48.5 Å². The summed E-state index contributed by atoms with van der Waals surface area (Å²) in [5.41, 5.74) is 2.86. The minimum absolute atomic E-state index is 0.179. The molecule has 3 N–H and O–H groups in total. The molecular weight excluding hydrogens is 330 g/mol. The average molecular weight is 353 g/mol. The molecule has 6 heteroatoms. The third-order valence-electron chi connectivity index (χ3n) is 3.70. The Bertz CT molecular complexity index is 768. The van der Waals surface area contributed by atoms with Crippen molar-refractivity contribution in [1.82, 2.24) is 0 Å². The lowest BCUT2D eigenvalue weighted by Crippen LogP contribution is -2.29. The summed E-state index contributed by atoms with van der Waals surface area (Å²) >= 11 is 0. The van der Waals surface area contributed by atoms with Crippen molar-refractivity contribution >= 4 is 34.8 Å². The van der Waals surface area contributed by atoms with Crippen LogP contribution >= 0.6 is 0 Å². The molecule has 0 aliphatic carbocycles. The highest BCUT2D eigenvalue weighted by Gasteiger charge is 2.14. The van der Waals surface area contributed by atoms with Gasteiger partial charge in [-0.1, -0.05) is 25.5 Å². The molecule has 0 aromatic heterocycles. The van der Waals surface area contributed by atoms with Crippen molar-refractivity contribution in [3.05, 3.63) is 54.1 Å². The third-order valence-corrected chi connectivity index (χ3v) is 3.70. The van der Waals surface area contributed by atoms with Crippen LogP contribution in [0.25, 0.3) is 0 Å². The highest BCUT2D eigenvalue weighted by Crippen LogP contribution is 2.14. The lowest BCUT2D eigenvalue weighted by atomic mass is 10.1. The summed E-state index contributed by atoms with van der Waals surface area (Å²) in [6.45, 7) is 3.55. The minimum atomic E-state index is -0.757. The number of nitrogens with one attached hydrogen (secondary N) is 3. The van der Waals surface area contributed by atoms with Gasteiger partial charge in [-0.15, -0.1) is 0 Å². The number of unbranched alkanes of at least 4 members (excludes halogenated alkanes) is 1. The number of anilines is 3. The number of amides is 3. The maximum Gasteiger partial charge on any atom is 0.314 e. The van der Waals surface area contributed by atoms with Crippen LogP contribution in [0, 0.1) is 0 Å². The third kappa shape index (κ3) is 6.05. The fraction of sp³-hybridized carbons (Fsp3) is 0.250. The number of carbonyl (C=O) groups excluding carboxylic acids is 3. The van der Waals surface area contributed by atoms with Crippen LogP contribution in [0.2, 0.25) is 0 Å². The Labute approximate surface area is 153 Å². The van der Waals surface area contributed by atoms with Crippen molar-refractivity contribution < 1.29 is 14.4 Å². The van der Waals surface area contributed by atoms with Gasteiger partial charge in [0.25, 0.3) is 0 Å². The fourth-order valence-corrected chi connectivity index (χ4v) is 2.35. The van der Waals surface area contributed by atoms with E-state index in [1.165, 1.54) is 12.5 Å². The van der Waals surface area contributed by atoms with E-state index in [-0.39, 0.29) is 5.91 Å². The van der Waals surface area contributed by atoms with E-state index in [2.05, 4.69) is 22.9 Å². The van der Waals surface area contributed by atoms with Crippen molar-refractivity contribution in [3.8, 4) is 0 Å². The van der Waals surface area contributed by atoms with Crippen LogP contribution < -0.4 is 16.0 Å². The molecule has 2 aromatic carbocycles. The second kappa shape index (κ2) is 9.36. The monoisotopic (exact) mass is 353 g/mol. The van der Waals surface area contributed by atoms with E-state index in [0.717, 1.165) is 19.3 Å². The first-order valence-corrected chi connectivity index (χ1v) is 8.57. The topological polar surface area (TPSA) is 87.3 Å². The summed E-state index contributed by atoms with van der Waals surface area (Å²) in [6, 6.07) is 14.0. The number of aryl methyl sites for hydroxylation is 1. The Morgan fingerprint density at radius 1 is 0.731 bits per heavy atom. The summed E-state index contributed by atoms with van der Waals surface area (Å²) in [4.78, 5) is 35.0. The number of carbonyl (C=O) groups is 3. The molecule has 3 amide bonds. The molecular formula is C20H23N3O3. The molecule has 2 aromatic rings. The van der Waals surface area contributed by atoms with Crippen LogP contribution in [-0.4, -0.2) is 17.7 Å². The summed E-state index contributed by atoms with van der Waals surface area (Å²) in [5.74, 6) is -1.67. The second-order valence-corrected chi connectivity index (χ2v) is 5.97. The van der Waals surface area contributed by atoms with E-state index >= 15 is 0 Å². The molecule has 0 saturated heterocycles. The normalized spacial score (nSPS) is 10.1. The largest absolute Gasteiger partial charge is 0.326 e. The zero-order chi connectivity index (χ0) is 18.9. The fourth-order valence-electron chi connectivity index (χ4n) is 2.35. The Morgan fingerprint density at radius 2 is 1.15 bits per heavy atom. The molecule has 6 nitrogen and oxygen atoms in total. The molecule has 0 aliphatic rings. The number of hydrogen-bond donors (Lipinski definition) is 3. The molecule has 136 valence electrons. The Balaban J connectivity index is 1.88. The first-order valence-electron chi connectivity index (χ1n) is 8.57. The number of rotatable bonds is 6. The van der Waals surface area contributed by atoms with Crippen LogP contribution in [0.1, 0.15) is 32.3 Å². The van der Waals surface area contributed by atoms with E-state index in [0.29, 0.717) is 17.1 Å². The number of hydrogen-bond acceptors (Lipinski definition) is 3. The van der Waals surface area contributed by atoms with Crippen LogP contribution in [0.5, 0.6) is 0 Å². The molecule has 0 spiro atoms. The van der Waals surface area contributed by atoms with Crippen molar-refractivity contribution in [3.63, 3.8) is 0 Å². The zero-order valence-electron chi connectivity index (χ0n) is 15.0.